The van der Waals surface area contributed by atoms with Gasteiger partial charge >= 0.3 is 0 Å². The lowest BCUT2D eigenvalue weighted by Crippen LogP contribution is -2.21. The Balaban J connectivity index is 3.02. The first-order valence-electron chi connectivity index (χ1n) is 4.56. The zero-order valence-corrected chi connectivity index (χ0v) is 10.5. The fourth-order valence-electron chi connectivity index (χ4n) is 1.25. The van der Waals surface area contributed by atoms with Crippen LogP contribution in [0.3, 0.4) is 0 Å². The third-order valence-electron chi connectivity index (χ3n) is 2.00. The molecule has 0 saturated carbocycles. The lowest BCUT2D eigenvalue weighted by atomic mass is 10.2. The molecular weight excluding hydrogens is 249 g/mol. The Kier molecular flexibility index (Phi) is 5.09. The molecular formula is C11H13Cl2NO2. The van der Waals surface area contributed by atoms with Crippen LogP contribution < -0.4 is 5.73 Å². The van der Waals surface area contributed by atoms with Crippen LogP contribution in [0.5, 0.6) is 0 Å². The second kappa shape index (κ2) is 6.11. The molecule has 2 N–H and O–H groups in total. The highest BCUT2D eigenvalue weighted by atomic mass is 35.5. The summed E-state index contributed by atoms with van der Waals surface area (Å²) < 4.78 is 10.0. The van der Waals surface area contributed by atoms with Crippen molar-refractivity contribution in [2.75, 3.05) is 14.2 Å². The lowest BCUT2D eigenvalue weighted by molar-refractivity contribution is -0.0749. The van der Waals surface area contributed by atoms with Gasteiger partial charge in [-0.1, -0.05) is 35.3 Å². The molecule has 0 heterocycles. The molecule has 0 aliphatic carbocycles. The van der Waals surface area contributed by atoms with Gasteiger partial charge in [0.25, 0.3) is 0 Å². The topological polar surface area (TPSA) is 44.5 Å². The van der Waals surface area contributed by atoms with E-state index in [9.17, 15) is 0 Å². The normalized spacial score (nSPS) is 12.2. The first-order chi connectivity index (χ1) is 7.60. The van der Waals surface area contributed by atoms with Gasteiger partial charge in [-0.2, -0.15) is 0 Å². The third kappa shape index (κ3) is 3.12. The van der Waals surface area contributed by atoms with E-state index in [4.69, 9.17) is 38.4 Å². The van der Waals surface area contributed by atoms with Crippen molar-refractivity contribution < 1.29 is 9.47 Å². The minimum atomic E-state index is -0.588. The predicted molar refractivity (Wildman–Crippen MR) is 66.4 cm³/mol. The minimum Gasteiger partial charge on any atom is -0.398 e. The van der Waals surface area contributed by atoms with Gasteiger partial charge < -0.3 is 15.2 Å². The van der Waals surface area contributed by atoms with Crippen LogP contribution >= 0.6 is 23.2 Å². The van der Waals surface area contributed by atoms with E-state index in [1.807, 2.05) is 6.07 Å². The SMILES string of the molecule is COC(OC)C(N)=Cc1cccc(Cl)c1Cl. The summed E-state index contributed by atoms with van der Waals surface area (Å²) in [6.07, 6.45) is 1.08. The maximum atomic E-state index is 6.01. The summed E-state index contributed by atoms with van der Waals surface area (Å²) in [5.74, 6) is 0. The lowest BCUT2D eigenvalue weighted by Gasteiger charge is -2.13. The molecule has 5 heteroatoms. The quantitative estimate of drug-likeness (QED) is 0.848. The van der Waals surface area contributed by atoms with Gasteiger partial charge in [0.15, 0.2) is 6.29 Å². The molecule has 1 rings (SSSR count). The number of methoxy groups -OCH3 is 2. The average molecular weight is 262 g/mol. The number of ether oxygens (including phenoxy) is 2. The van der Waals surface area contributed by atoms with Gasteiger partial charge in [0.05, 0.1) is 15.7 Å². The largest absolute Gasteiger partial charge is 0.398 e. The smallest absolute Gasteiger partial charge is 0.197 e. The van der Waals surface area contributed by atoms with Gasteiger partial charge in [-0.05, 0) is 17.7 Å². The van der Waals surface area contributed by atoms with Crippen molar-refractivity contribution >= 4 is 29.3 Å². The minimum absolute atomic E-state index is 0.425. The predicted octanol–water partition coefficient (Wildman–Crippen LogP) is 2.91. The summed E-state index contributed by atoms with van der Waals surface area (Å²) in [5.41, 5.74) is 6.95. The summed E-state index contributed by atoms with van der Waals surface area (Å²) in [6, 6.07) is 5.31. The molecule has 1 aromatic carbocycles. The van der Waals surface area contributed by atoms with Crippen LogP contribution in [-0.2, 0) is 9.47 Å². The van der Waals surface area contributed by atoms with E-state index in [0.717, 1.165) is 5.56 Å². The van der Waals surface area contributed by atoms with E-state index in [-0.39, 0.29) is 0 Å². The van der Waals surface area contributed by atoms with Gasteiger partial charge in [0.1, 0.15) is 0 Å². The maximum Gasteiger partial charge on any atom is 0.197 e. The molecule has 0 atom stereocenters. The van der Waals surface area contributed by atoms with Gasteiger partial charge in [-0.15, -0.1) is 0 Å². The first kappa shape index (κ1) is 13.3. The van der Waals surface area contributed by atoms with Crippen LogP contribution in [0.25, 0.3) is 6.08 Å². The summed E-state index contributed by atoms with van der Waals surface area (Å²) in [7, 11) is 3.02. The fourth-order valence-corrected chi connectivity index (χ4v) is 1.61. The van der Waals surface area contributed by atoms with Crippen LogP contribution in [-0.4, -0.2) is 20.5 Å². The summed E-state index contributed by atoms with van der Waals surface area (Å²) in [4.78, 5) is 0. The van der Waals surface area contributed by atoms with Crippen molar-refractivity contribution in [3.05, 3.63) is 39.5 Å². The molecule has 0 radical (unpaired) electrons. The number of nitrogens with two attached hydrogens (primary N) is 1. The van der Waals surface area contributed by atoms with E-state index in [2.05, 4.69) is 0 Å². The third-order valence-corrected chi connectivity index (χ3v) is 2.84. The molecule has 0 saturated heterocycles. The highest BCUT2D eigenvalue weighted by molar-refractivity contribution is 6.42. The van der Waals surface area contributed by atoms with E-state index >= 15 is 0 Å². The second-order valence-corrected chi connectivity index (χ2v) is 3.88. The number of hydrogen-bond acceptors (Lipinski definition) is 3. The monoisotopic (exact) mass is 261 g/mol. The van der Waals surface area contributed by atoms with E-state index in [1.54, 1.807) is 18.2 Å². The zero-order chi connectivity index (χ0) is 12.1. The molecule has 0 spiro atoms. The highest BCUT2D eigenvalue weighted by Gasteiger charge is 2.10. The first-order valence-corrected chi connectivity index (χ1v) is 5.32. The molecule has 0 aliphatic heterocycles. The van der Waals surface area contributed by atoms with Crippen molar-refractivity contribution in [3.63, 3.8) is 0 Å². The van der Waals surface area contributed by atoms with E-state index < -0.39 is 6.29 Å². The Hall–Kier alpha value is -0.740. The van der Waals surface area contributed by atoms with Crippen LogP contribution in [0, 0.1) is 0 Å². The molecule has 1 aromatic rings. The molecule has 0 fully saturated rings. The van der Waals surface area contributed by atoms with Gasteiger partial charge in [0.2, 0.25) is 0 Å². The Labute approximate surface area is 105 Å². The van der Waals surface area contributed by atoms with Gasteiger partial charge in [0, 0.05) is 14.2 Å². The Morgan fingerprint density at radius 1 is 1.31 bits per heavy atom. The van der Waals surface area contributed by atoms with Crippen LogP contribution in [0.1, 0.15) is 5.56 Å². The molecule has 0 amide bonds. The number of halogens is 2. The molecule has 0 aromatic heterocycles. The second-order valence-electron chi connectivity index (χ2n) is 3.09. The molecule has 16 heavy (non-hydrogen) atoms. The summed E-state index contributed by atoms with van der Waals surface area (Å²) in [5, 5.41) is 0.938. The van der Waals surface area contributed by atoms with Crippen LogP contribution in [0.2, 0.25) is 10.0 Å². The Bertz CT molecular complexity index is 390. The number of hydrogen-bond donors (Lipinski definition) is 1. The molecule has 88 valence electrons. The van der Waals surface area contributed by atoms with E-state index in [0.29, 0.717) is 15.7 Å². The van der Waals surface area contributed by atoms with Crippen LogP contribution in [0.4, 0.5) is 0 Å². The summed E-state index contributed by atoms with van der Waals surface area (Å²) >= 11 is 11.9. The molecule has 0 unspecified atom stereocenters. The Morgan fingerprint density at radius 2 is 1.94 bits per heavy atom. The molecule has 0 bridgehead atoms. The number of benzene rings is 1. The van der Waals surface area contributed by atoms with Gasteiger partial charge in [-0.25, -0.2) is 0 Å². The van der Waals surface area contributed by atoms with E-state index in [1.165, 1.54) is 14.2 Å². The fraction of sp³-hybridized carbons (Fsp3) is 0.273. The zero-order valence-electron chi connectivity index (χ0n) is 9.04. The average Bonchev–Trinajstić information content (AvgIpc) is 2.26. The summed E-state index contributed by atoms with van der Waals surface area (Å²) in [6.45, 7) is 0. The van der Waals surface area contributed by atoms with Crippen LogP contribution in [0.15, 0.2) is 23.9 Å². The molecule has 3 nitrogen and oxygen atoms in total. The van der Waals surface area contributed by atoms with Crippen molar-refractivity contribution in [2.45, 2.75) is 6.29 Å². The van der Waals surface area contributed by atoms with Crippen molar-refractivity contribution in [2.24, 2.45) is 5.73 Å². The maximum absolute atomic E-state index is 6.01. The number of rotatable bonds is 4. The van der Waals surface area contributed by atoms with Gasteiger partial charge in [-0.3, -0.25) is 0 Å². The van der Waals surface area contributed by atoms with Crippen molar-refractivity contribution in [3.8, 4) is 0 Å². The standard InChI is InChI=1S/C11H13Cl2NO2/c1-15-11(16-2)9(14)6-7-4-3-5-8(12)10(7)13/h3-6,11H,14H2,1-2H3. The van der Waals surface area contributed by atoms with Crippen molar-refractivity contribution in [1.82, 2.24) is 0 Å². The highest BCUT2D eigenvalue weighted by Crippen LogP contribution is 2.27. The molecule has 0 aliphatic rings. The Morgan fingerprint density at radius 3 is 2.50 bits per heavy atom. The van der Waals surface area contributed by atoms with Crippen molar-refractivity contribution in [1.29, 1.82) is 0 Å².